The van der Waals surface area contributed by atoms with Crippen molar-refractivity contribution in [1.29, 1.82) is 0 Å². The molecule has 0 spiro atoms. The van der Waals surface area contributed by atoms with Crippen LogP contribution in [0.2, 0.25) is 0 Å². The molecule has 1 amide bonds. The minimum Gasteiger partial charge on any atom is -0.394 e. The molecule has 5 N–H and O–H groups in total. The van der Waals surface area contributed by atoms with E-state index in [1.807, 2.05) is 48.5 Å². The van der Waals surface area contributed by atoms with Crippen LogP contribution in [0.5, 0.6) is 0 Å². The number of nitrogens with zero attached hydrogens (tertiary/aromatic N) is 1. The van der Waals surface area contributed by atoms with Crippen LogP contribution in [0.3, 0.4) is 0 Å². The van der Waals surface area contributed by atoms with Gasteiger partial charge in [-0.25, -0.2) is 4.39 Å². The summed E-state index contributed by atoms with van der Waals surface area (Å²) >= 11 is 0. The van der Waals surface area contributed by atoms with E-state index in [1.165, 1.54) is 17.7 Å². The molecule has 2 saturated heterocycles. The molecule has 2 aliphatic heterocycles. The Balaban J connectivity index is 1.25. The van der Waals surface area contributed by atoms with Gasteiger partial charge in [-0.1, -0.05) is 55.5 Å². The number of aryl methyl sites for hydroxylation is 2. The van der Waals surface area contributed by atoms with Crippen molar-refractivity contribution in [3.63, 3.8) is 0 Å². The largest absolute Gasteiger partial charge is 0.394 e. The second-order valence-electron chi connectivity index (χ2n) is 11.9. The number of amides is 1. The van der Waals surface area contributed by atoms with Crippen molar-refractivity contribution in [1.82, 2.24) is 0 Å². The first-order chi connectivity index (χ1) is 21.2. The van der Waals surface area contributed by atoms with Crippen LogP contribution in [0.25, 0.3) is 0 Å². The van der Waals surface area contributed by atoms with Gasteiger partial charge < -0.3 is 35.2 Å². The number of aliphatic hydroxyl groups excluding tert-OH is 5. The van der Waals surface area contributed by atoms with Crippen LogP contribution >= 0.6 is 0 Å². The van der Waals surface area contributed by atoms with E-state index in [-0.39, 0.29) is 23.7 Å². The van der Waals surface area contributed by atoms with Crippen LogP contribution in [0, 0.1) is 11.7 Å². The molecule has 0 saturated carbocycles. The number of hydrogen-bond donors (Lipinski definition) is 5. The first kappa shape index (κ1) is 32.2. The van der Waals surface area contributed by atoms with Gasteiger partial charge in [0.05, 0.1) is 30.8 Å². The smallest absolute Gasteiger partial charge is 0.233 e. The number of β-lactam (4-membered cyclic amide) rings is 1. The molecule has 2 heterocycles. The van der Waals surface area contributed by atoms with Crippen LogP contribution in [0.4, 0.5) is 10.1 Å². The minimum atomic E-state index is -1.38. The number of carbonyl (C=O) groups excluding carboxylic acids is 1. The first-order valence-corrected chi connectivity index (χ1v) is 15.5. The molecule has 8 nitrogen and oxygen atoms in total. The van der Waals surface area contributed by atoms with Gasteiger partial charge in [0.2, 0.25) is 5.91 Å². The molecule has 0 aliphatic carbocycles. The first-order valence-electron chi connectivity index (χ1n) is 15.5. The molecule has 0 unspecified atom stereocenters. The third-order valence-electron chi connectivity index (χ3n) is 9.11. The molecule has 0 aromatic heterocycles. The molecular formula is C35H42FNO7. The maximum absolute atomic E-state index is 13.7. The van der Waals surface area contributed by atoms with Crippen LogP contribution in [-0.2, 0) is 22.4 Å². The number of anilines is 1. The summed E-state index contributed by atoms with van der Waals surface area (Å²) in [5, 5.41) is 50.6. The SMILES string of the molecule is CCc1ccc([C@@H](O)CC[C@H]2C(=O)N(c3ccc(F)cc3)[C@@H]2c2ccc(CCC[C@@H]3O[C@H](CO)[C@@H](O)[C@H](O)[C@H]3O)cc2)cc1. The fraction of sp³-hybridized carbons (Fsp3) is 0.457. The summed E-state index contributed by atoms with van der Waals surface area (Å²) in [6.45, 7) is 1.63. The summed E-state index contributed by atoms with van der Waals surface area (Å²) < 4.78 is 19.3. The monoisotopic (exact) mass is 607 g/mol. The molecule has 5 rings (SSSR count). The standard InChI is InChI=1S/C35H42FNO7/c1-2-21-6-10-23(11-7-21)28(39)19-18-27-31(37(35(27)43)26-16-14-25(36)15-17-26)24-12-8-22(9-13-24)4-3-5-29-32(40)34(42)33(41)30(20-38)44-29/h6-17,27-34,38-42H,2-5,18-20H2,1H3/t27-,28+,29+,30-,31-,32+,33-,34-/m1/s1. The molecule has 0 bridgehead atoms. The number of aliphatic hydroxyl groups is 5. The van der Waals surface area contributed by atoms with E-state index in [0.717, 1.165) is 23.1 Å². The Morgan fingerprint density at radius 1 is 0.841 bits per heavy atom. The lowest BCUT2D eigenvalue weighted by atomic mass is 9.78. The lowest BCUT2D eigenvalue weighted by Crippen LogP contribution is -2.58. The predicted octanol–water partition coefficient (Wildman–Crippen LogP) is 3.77. The summed E-state index contributed by atoms with van der Waals surface area (Å²) in [6, 6.07) is 21.5. The Morgan fingerprint density at radius 3 is 2.11 bits per heavy atom. The van der Waals surface area contributed by atoms with Crippen molar-refractivity contribution in [2.24, 2.45) is 5.92 Å². The Kier molecular flexibility index (Phi) is 10.5. The average Bonchev–Trinajstić information content (AvgIpc) is 3.04. The number of benzene rings is 3. The van der Waals surface area contributed by atoms with E-state index in [4.69, 9.17) is 4.74 Å². The van der Waals surface area contributed by atoms with Crippen molar-refractivity contribution in [2.75, 3.05) is 11.5 Å². The van der Waals surface area contributed by atoms with Crippen molar-refractivity contribution >= 4 is 11.6 Å². The van der Waals surface area contributed by atoms with Gasteiger partial charge in [-0.15, -0.1) is 0 Å². The van der Waals surface area contributed by atoms with Crippen LogP contribution in [0.1, 0.15) is 67.0 Å². The topological polar surface area (TPSA) is 131 Å². The number of hydrogen-bond acceptors (Lipinski definition) is 7. The minimum absolute atomic E-state index is 0.0567. The van der Waals surface area contributed by atoms with Gasteiger partial charge in [0.25, 0.3) is 0 Å². The highest BCUT2D eigenvalue weighted by Gasteiger charge is 2.48. The molecule has 44 heavy (non-hydrogen) atoms. The van der Waals surface area contributed by atoms with Crippen LogP contribution in [-0.4, -0.2) is 68.6 Å². The summed E-state index contributed by atoms with van der Waals surface area (Å²) in [7, 11) is 0. The zero-order chi connectivity index (χ0) is 31.4. The Morgan fingerprint density at radius 2 is 1.48 bits per heavy atom. The van der Waals surface area contributed by atoms with E-state index in [1.54, 1.807) is 17.0 Å². The molecule has 2 fully saturated rings. The van der Waals surface area contributed by atoms with Crippen molar-refractivity contribution < 1.29 is 39.5 Å². The predicted molar refractivity (Wildman–Crippen MR) is 163 cm³/mol. The summed E-state index contributed by atoms with van der Waals surface area (Å²) in [6.07, 6.45) is -2.67. The van der Waals surface area contributed by atoms with Crippen molar-refractivity contribution in [2.45, 2.75) is 88.1 Å². The van der Waals surface area contributed by atoms with Gasteiger partial charge in [-0.05, 0) is 85.0 Å². The van der Waals surface area contributed by atoms with Crippen LogP contribution < -0.4 is 4.90 Å². The highest BCUT2D eigenvalue weighted by Crippen LogP contribution is 2.46. The number of ether oxygens (including phenoxy) is 1. The molecule has 9 heteroatoms. The highest BCUT2D eigenvalue weighted by atomic mass is 19.1. The number of halogens is 1. The number of rotatable bonds is 12. The summed E-state index contributed by atoms with van der Waals surface area (Å²) in [5.41, 5.74) is 4.63. The summed E-state index contributed by atoms with van der Waals surface area (Å²) in [5.74, 6) is -0.763. The Hall–Kier alpha value is -3.18. The van der Waals surface area contributed by atoms with Gasteiger partial charge in [0, 0.05) is 5.69 Å². The van der Waals surface area contributed by atoms with E-state index in [9.17, 15) is 34.7 Å². The second kappa shape index (κ2) is 14.3. The van der Waals surface area contributed by atoms with Crippen LogP contribution in [0.15, 0.2) is 72.8 Å². The van der Waals surface area contributed by atoms with Gasteiger partial charge >= 0.3 is 0 Å². The van der Waals surface area contributed by atoms with E-state index in [0.29, 0.717) is 37.8 Å². The third kappa shape index (κ3) is 6.88. The molecule has 236 valence electrons. The van der Waals surface area contributed by atoms with E-state index >= 15 is 0 Å². The Labute approximate surface area is 257 Å². The fourth-order valence-corrected chi connectivity index (χ4v) is 6.39. The maximum Gasteiger partial charge on any atom is 0.233 e. The average molecular weight is 608 g/mol. The van der Waals surface area contributed by atoms with Gasteiger partial charge in [0.1, 0.15) is 30.2 Å². The van der Waals surface area contributed by atoms with Crippen molar-refractivity contribution in [3.8, 4) is 0 Å². The maximum atomic E-state index is 13.7. The third-order valence-corrected chi connectivity index (χ3v) is 9.11. The van der Waals surface area contributed by atoms with E-state index in [2.05, 4.69) is 6.92 Å². The second-order valence-corrected chi connectivity index (χ2v) is 11.9. The highest BCUT2D eigenvalue weighted by molar-refractivity contribution is 6.03. The lowest BCUT2D eigenvalue weighted by molar-refractivity contribution is -0.230. The zero-order valence-corrected chi connectivity index (χ0v) is 24.9. The molecular weight excluding hydrogens is 565 g/mol. The molecule has 8 atom stereocenters. The molecule has 0 radical (unpaired) electrons. The van der Waals surface area contributed by atoms with Gasteiger partial charge in [-0.2, -0.15) is 0 Å². The molecule has 2 aliphatic rings. The van der Waals surface area contributed by atoms with Crippen molar-refractivity contribution in [3.05, 3.63) is 101 Å². The van der Waals surface area contributed by atoms with E-state index < -0.39 is 43.2 Å². The molecule has 3 aromatic carbocycles. The summed E-state index contributed by atoms with van der Waals surface area (Å²) in [4.78, 5) is 15.1. The quantitative estimate of drug-likeness (QED) is 0.198. The molecule has 3 aromatic rings. The van der Waals surface area contributed by atoms with Gasteiger partial charge in [0.15, 0.2) is 0 Å². The fourth-order valence-electron chi connectivity index (χ4n) is 6.39. The normalized spacial score (nSPS) is 27.7. The zero-order valence-electron chi connectivity index (χ0n) is 24.9. The number of carbonyl (C=O) groups is 1. The Bertz CT molecular complexity index is 1370. The van der Waals surface area contributed by atoms with Gasteiger partial charge in [-0.3, -0.25) is 4.79 Å². The lowest BCUT2D eigenvalue weighted by Gasteiger charge is -2.48.